The zero-order valence-corrected chi connectivity index (χ0v) is 11.8. The predicted octanol–water partition coefficient (Wildman–Crippen LogP) is 1.36. The highest BCUT2D eigenvalue weighted by Crippen LogP contribution is 2.18. The molecule has 106 valence electrons. The van der Waals surface area contributed by atoms with Gasteiger partial charge in [-0.15, -0.1) is 0 Å². The summed E-state index contributed by atoms with van der Waals surface area (Å²) in [7, 11) is 0. The molecule has 6 nitrogen and oxygen atoms in total. The number of amides is 1. The molecule has 1 unspecified atom stereocenters. The summed E-state index contributed by atoms with van der Waals surface area (Å²) in [4.78, 5) is 17.9. The highest BCUT2D eigenvalue weighted by Gasteiger charge is 2.27. The smallest absolute Gasteiger partial charge is 0.223 e. The quantitative estimate of drug-likeness (QED) is 0.827. The van der Waals surface area contributed by atoms with Crippen molar-refractivity contribution in [3.8, 4) is 0 Å². The van der Waals surface area contributed by atoms with Crippen LogP contribution < -0.4 is 0 Å². The van der Waals surface area contributed by atoms with Gasteiger partial charge in [0.15, 0.2) is 0 Å². The van der Waals surface area contributed by atoms with Crippen LogP contribution in [0.5, 0.6) is 0 Å². The Bertz CT molecular complexity index is 424. The van der Waals surface area contributed by atoms with Crippen molar-refractivity contribution in [2.75, 3.05) is 19.8 Å². The maximum absolute atomic E-state index is 12.1. The number of rotatable bonds is 5. The van der Waals surface area contributed by atoms with Gasteiger partial charge in [-0.05, 0) is 13.3 Å². The predicted molar refractivity (Wildman–Crippen MR) is 72.7 cm³/mol. The Labute approximate surface area is 117 Å². The fourth-order valence-electron chi connectivity index (χ4n) is 2.14. The highest BCUT2D eigenvalue weighted by atomic mass is 32.2. The molecular formula is C12H19N3O3S. The molecule has 0 saturated carbocycles. The molecule has 1 aliphatic rings. The number of morpholine rings is 1. The average molecular weight is 285 g/mol. The number of hydrogen-bond acceptors (Lipinski definition) is 5. The summed E-state index contributed by atoms with van der Waals surface area (Å²) in [5.74, 6) is 1.04. The Kier molecular flexibility index (Phi) is 5.24. The van der Waals surface area contributed by atoms with Crippen LogP contribution >= 0.6 is 12.0 Å². The molecule has 1 aromatic heterocycles. The first-order valence-corrected chi connectivity index (χ1v) is 7.21. The van der Waals surface area contributed by atoms with Gasteiger partial charge in [0.05, 0.1) is 13.2 Å². The summed E-state index contributed by atoms with van der Waals surface area (Å²) < 4.78 is 16.4. The van der Waals surface area contributed by atoms with Gasteiger partial charge in [0, 0.05) is 43.9 Å². The number of carbonyl (C=O) groups is 1. The van der Waals surface area contributed by atoms with Crippen LogP contribution in [0, 0.1) is 6.92 Å². The van der Waals surface area contributed by atoms with Crippen LogP contribution in [0.2, 0.25) is 0 Å². The highest BCUT2D eigenvalue weighted by molar-refractivity contribution is 7.94. The largest absolute Gasteiger partial charge is 0.376 e. The van der Waals surface area contributed by atoms with Crippen molar-refractivity contribution in [3.05, 3.63) is 18.2 Å². The first-order chi connectivity index (χ1) is 9.22. The second-order valence-corrected chi connectivity index (χ2v) is 5.25. The van der Waals surface area contributed by atoms with E-state index in [2.05, 4.69) is 4.98 Å². The molecule has 0 spiro atoms. The van der Waals surface area contributed by atoms with Crippen molar-refractivity contribution in [1.29, 1.82) is 0 Å². The van der Waals surface area contributed by atoms with Crippen molar-refractivity contribution in [2.24, 2.45) is 0 Å². The second kappa shape index (κ2) is 6.93. The van der Waals surface area contributed by atoms with E-state index < -0.39 is 0 Å². The number of imidazole rings is 1. The molecule has 0 aromatic carbocycles. The Morgan fingerprint density at radius 2 is 2.53 bits per heavy atom. The zero-order chi connectivity index (χ0) is 13.7. The van der Waals surface area contributed by atoms with Gasteiger partial charge < -0.3 is 18.8 Å². The molecule has 2 rings (SSSR count). The fraction of sp³-hybridized carbons (Fsp3) is 0.667. The molecule has 1 atom stereocenters. The standard InChI is InChI=1S/C12H19N3O3S/c1-10-13-4-6-14(10)5-2-3-11(16)15-7-8-18-9-12(15)19-17/h4,6,12,17H,2-3,5,7-9H2,1H3. The Balaban J connectivity index is 1.79. The number of ether oxygens (including phenoxy) is 1. The molecule has 0 aliphatic carbocycles. The minimum atomic E-state index is -0.267. The van der Waals surface area contributed by atoms with E-state index >= 15 is 0 Å². The lowest BCUT2D eigenvalue weighted by Gasteiger charge is -2.33. The van der Waals surface area contributed by atoms with E-state index in [9.17, 15) is 4.79 Å². The van der Waals surface area contributed by atoms with Crippen LogP contribution in [-0.4, -0.2) is 50.0 Å². The average Bonchev–Trinajstić information content (AvgIpc) is 2.84. The van der Waals surface area contributed by atoms with Gasteiger partial charge in [0.2, 0.25) is 5.91 Å². The van der Waals surface area contributed by atoms with Crippen molar-refractivity contribution in [3.63, 3.8) is 0 Å². The van der Waals surface area contributed by atoms with Crippen LogP contribution in [0.3, 0.4) is 0 Å². The van der Waals surface area contributed by atoms with E-state index in [1.54, 1.807) is 11.1 Å². The first kappa shape index (κ1) is 14.4. The summed E-state index contributed by atoms with van der Waals surface area (Å²) in [6.45, 7) is 4.24. The van der Waals surface area contributed by atoms with Crippen LogP contribution in [0.15, 0.2) is 12.4 Å². The van der Waals surface area contributed by atoms with Gasteiger partial charge in [-0.25, -0.2) is 4.98 Å². The van der Waals surface area contributed by atoms with E-state index in [1.165, 1.54) is 0 Å². The molecule has 1 amide bonds. The topological polar surface area (TPSA) is 67.6 Å². The Morgan fingerprint density at radius 1 is 1.68 bits per heavy atom. The summed E-state index contributed by atoms with van der Waals surface area (Å²) in [5, 5.41) is -0.267. The Morgan fingerprint density at radius 3 is 3.21 bits per heavy atom. The summed E-state index contributed by atoms with van der Waals surface area (Å²) in [6.07, 6.45) is 4.93. The second-order valence-electron chi connectivity index (χ2n) is 4.49. The van der Waals surface area contributed by atoms with E-state index in [4.69, 9.17) is 9.29 Å². The van der Waals surface area contributed by atoms with Gasteiger partial charge in [-0.2, -0.15) is 0 Å². The van der Waals surface area contributed by atoms with Gasteiger partial charge in [-0.1, -0.05) is 0 Å². The van der Waals surface area contributed by atoms with E-state index in [-0.39, 0.29) is 11.3 Å². The number of carbonyl (C=O) groups excluding carboxylic acids is 1. The molecule has 7 heteroatoms. The van der Waals surface area contributed by atoms with Crippen LogP contribution in [0.4, 0.5) is 0 Å². The van der Waals surface area contributed by atoms with Crippen molar-refractivity contribution >= 4 is 17.9 Å². The van der Waals surface area contributed by atoms with Gasteiger partial charge in [-0.3, -0.25) is 4.79 Å². The molecule has 2 heterocycles. The van der Waals surface area contributed by atoms with Gasteiger partial charge >= 0.3 is 0 Å². The molecule has 0 radical (unpaired) electrons. The molecule has 1 aliphatic heterocycles. The molecule has 1 aromatic rings. The maximum Gasteiger partial charge on any atom is 0.223 e. The van der Waals surface area contributed by atoms with Crippen LogP contribution in [0.1, 0.15) is 18.7 Å². The monoisotopic (exact) mass is 285 g/mol. The lowest BCUT2D eigenvalue weighted by Crippen LogP contribution is -2.46. The van der Waals surface area contributed by atoms with Crippen molar-refractivity contribution in [2.45, 2.75) is 31.7 Å². The SMILES string of the molecule is Cc1nccn1CCCC(=O)N1CCOCC1SO. The lowest BCUT2D eigenvalue weighted by atomic mass is 10.2. The zero-order valence-electron chi connectivity index (χ0n) is 11.0. The number of nitrogens with zero attached hydrogens (tertiary/aromatic N) is 3. The molecule has 0 bridgehead atoms. The normalized spacial score (nSPS) is 19.7. The third-order valence-electron chi connectivity index (χ3n) is 3.24. The number of aryl methyl sites for hydroxylation is 2. The molecule has 1 N–H and O–H groups in total. The molecule has 1 fully saturated rings. The third kappa shape index (κ3) is 3.71. The minimum Gasteiger partial charge on any atom is -0.376 e. The van der Waals surface area contributed by atoms with Gasteiger partial charge in [0.25, 0.3) is 0 Å². The molecular weight excluding hydrogens is 266 g/mol. The minimum absolute atomic E-state index is 0.0765. The lowest BCUT2D eigenvalue weighted by molar-refractivity contribution is -0.136. The van der Waals surface area contributed by atoms with E-state index in [1.807, 2.05) is 17.7 Å². The molecule has 19 heavy (non-hydrogen) atoms. The molecule has 1 saturated heterocycles. The Hall–Kier alpha value is -1.05. The fourth-order valence-corrected chi connectivity index (χ4v) is 2.63. The summed E-state index contributed by atoms with van der Waals surface area (Å²) in [6, 6.07) is 0. The van der Waals surface area contributed by atoms with Crippen LogP contribution in [0.25, 0.3) is 0 Å². The first-order valence-electron chi connectivity index (χ1n) is 6.37. The summed E-state index contributed by atoms with van der Waals surface area (Å²) in [5.41, 5.74) is 0. The third-order valence-corrected chi connectivity index (χ3v) is 3.87. The van der Waals surface area contributed by atoms with Crippen LogP contribution in [-0.2, 0) is 16.1 Å². The van der Waals surface area contributed by atoms with Gasteiger partial charge in [0.1, 0.15) is 11.2 Å². The van der Waals surface area contributed by atoms with Crippen molar-refractivity contribution in [1.82, 2.24) is 14.5 Å². The van der Waals surface area contributed by atoms with Crippen molar-refractivity contribution < 1.29 is 14.1 Å². The number of hydrogen-bond donors (Lipinski definition) is 1. The van der Waals surface area contributed by atoms with E-state index in [0.717, 1.165) is 18.8 Å². The summed E-state index contributed by atoms with van der Waals surface area (Å²) >= 11 is 0.681. The maximum atomic E-state index is 12.1. The van der Waals surface area contributed by atoms with E-state index in [0.29, 0.717) is 38.2 Å². The number of aromatic nitrogens is 2.